The molecule has 2 aromatic rings. The van der Waals surface area contributed by atoms with E-state index in [9.17, 15) is 9.59 Å². The Morgan fingerprint density at radius 1 is 0.966 bits per heavy atom. The number of hydrogen-bond acceptors (Lipinski definition) is 2. The average Bonchev–Trinajstić information content (AvgIpc) is 3.09. The van der Waals surface area contributed by atoms with E-state index in [0.29, 0.717) is 26.1 Å². The van der Waals surface area contributed by atoms with Crippen molar-refractivity contribution in [3.8, 4) is 0 Å². The summed E-state index contributed by atoms with van der Waals surface area (Å²) in [4.78, 5) is 29.6. The van der Waals surface area contributed by atoms with E-state index in [1.165, 1.54) is 0 Å². The van der Waals surface area contributed by atoms with Crippen LogP contribution in [0.25, 0.3) is 0 Å². The molecular weight excluding hydrogens is 362 g/mol. The van der Waals surface area contributed by atoms with Crippen molar-refractivity contribution in [3.63, 3.8) is 0 Å². The normalized spacial score (nSPS) is 10.9. The molecule has 0 aliphatic rings. The van der Waals surface area contributed by atoms with E-state index in [2.05, 4.69) is 6.92 Å². The quantitative estimate of drug-likeness (QED) is 0.570. The van der Waals surface area contributed by atoms with Gasteiger partial charge >= 0.3 is 0 Å². The second-order valence-electron chi connectivity index (χ2n) is 8.11. The van der Waals surface area contributed by atoms with Gasteiger partial charge in [-0.1, -0.05) is 57.5 Å². The van der Waals surface area contributed by atoms with Crippen LogP contribution in [0.15, 0.2) is 48.7 Å². The number of rotatable bonds is 11. The molecule has 0 saturated heterocycles. The van der Waals surface area contributed by atoms with Crippen LogP contribution in [0.3, 0.4) is 0 Å². The number of benzene rings is 1. The van der Waals surface area contributed by atoms with E-state index >= 15 is 0 Å². The van der Waals surface area contributed by atoms with Gasteiger partial charge in [0.05, 0.1) is 13.1 Å². The molecule has 1 aromatic heterocycles. The lowest BCUT2D eigenvalue weighted by atomic mass is 10.1. The predicted octanol–water partition coefficient (Wildman–Crippen LogP) is 4.23. The molecule has 0 fully saturated rings. The smallest absolute Gasteiger partial charge is 0.242 e. The predicted molar refractivity (Wildman–Crippen MR) is 117 cm³/mol. The first-order valence-corrected chi connectivity index (χ1v) is 10.6. The zero-order valence-electron chi connectivity index (χ0n) is 18.3. The van der Waals surface area contributed by atoms with E-state index in [4.69, 9.17) is 0 Å². The minimum Gasteiger partial charge on any atom is -0.353 e. The van der Waals surface area contributed by atoms with Crippen molar-refractivity contribution in [1.29, 1.82) is 0 Å². The first-order chi connectivity index (χ1) is 13.9. The lowest BCUT2D eigenvalue weighted by molar-refractivity contribution is -0.141. The van der Waals surface area contributed by atoms with Gasteiger partial charge in [0.25, 0.3) is 0 Å². The molecule has 0 atom stereocenters. The Bertz CT molecular complexity index is 767. The van der Waals surface area contributed by atoms with E-state index in [-0.39, 0.29) is 24.3 Å². The molecule has 0 aliphatic heterocycles. The maximum atomic E-state index is 13.3. The molecular formula is C24H35N3O2. The average molecular weight is 398 g/mol. The van der Waals surface area contributed by atoms with Gasteiger partial charge in [0, 0.05) is 38.4 Å². The van der Waals surface area contributed by atoms with Crippen molar-refractivity contribution in [1.82, 2.24) is 14.4 Å². The topological polar surface area (TPSA) is 45.6 Å². The van der Waals surface area contributed by atoms with Crippen LogP contribution in [0.4, 0.5) is 0 Å². The number of aryl methyl sites for hydroxylation is 1. The maximum Gasteiger partial charge on any atom is 0.242 e. The molecule has 2 rings (SSSR count). The third-order valence-electron chi connectivity index (χ3n) is 5.02. The van der Waals surface area contributed by atoms with Crippen LogP contribution < -0.4 is 0 Å². The van der Waals surface area contributed by atoms with Crippen LogP contribution >= 0.6 is 0 Å². The Labute approximate surface area is 175 Å². The molecule has 0 bridgehead atoms. The lowest BCUT2D eigenvalue weighted by Crippen LogP contribution is -2.43. The van der Waals surface area contributed by atoms with E-state index in [1.54, 1.807) is 4.90 Å². The summed E-state index contributed by atoms with van der Waals surface area (Å²) in [5, 5.41) is 0. The summed E-state index contributed by atoms with van der Waals surface area (Å²) in [5.74, 6) is 0.342. The minimum atomic E-state index is -0.0109. The highest BCUT2D eigenvalue weighted by molar-refractivity contribution is 5.85. The summed E-state index contributed by atoms with van der Waals surface area (Å²) in [6, 6.07) is 14.0. The molecule has 1 aromatic carbocycles. The second kappa shape index (κ2) is 11.4. The van der Waals surface area contributed by atoms with E-state index in [0.717, 1.165) is 24.1 Å². The van der Waals surface area contributed by atoms with Crippen molar-refractivity contribution in [2.24, 2.45) is 13.0 Å². The summed E-state index contributed by atoms with van der Waals surface area (Å²) in [5.41, 5.74) is 2.16. The summed E-state index contributed by atoms with van der Waals surface area (Å²) in [6.07, 6.45) is 4.37. The first kappa shape index (κ1) is 22.7. The number of aromatic nitrogens is 1. The number of amides is 2. The SMILES string of the molecule is CCCCN(CC(=O)N(Cc1ccccc1)Cc1cccn1C)C(=O)CC(C)C. The Kier molecular flexibility index (Phi) is 8.97. The third kappa shape index (κ3) is 7.41. The summed E-state index contributed by atoms with van der Waals surface area (Å²) in [7, 11) is 1.99. The minimum absolute atomic E-state index is 0.0109. The number of hydrogen-bond donors (Lipinski definition) is 0. The first-order valence-electron chi connectivity index (χ1n) is 10.6. The second-order valence-corrected chi connectivity index (χ2v) is 8.11. The molecule has 5 heteroatoms. The summed E-state index contributed by atoms with van der Waals surface area (Å²) >= 11 is 0. The fourth-order valence-corrected chi connectivity index (χ4v) is 3.27. The van der Waals surface area contributed by atoms with Crippen LogP contribution in [0.1, 0.15) is 51.3 Å². The van der Waals surface area contributed by atoms with Crippen LogP contribution in [-0.2, 0) is 29.7 Å². The van der Waals surface area contributed by atoms with Crippen LogP contribution in [0.5, 0.6) is 0 Å². The third-order valence-corrected chi connectivity index (χ3v) is 5.02. The lowest BCUT2D eigenvalue weighted by Gasteiger charge is -2.28. The molecule has 0 N–H and O–H groups in total. The highest BCUT2D eigenvalue weighted by atomic mass is 16.2. The molecule has 158 valence electrons. The van der Waals surface area contributed by atoms with Gasteiger partial charge in [-0.05, 0) is 30.0 Å². The van der Waals surface area contributed by atoms with Gasteiger partial charge in [0.2, 0.25) is 11.8 Å². The Balaban J connectivity index is 2.16. The molecule has 0 unspecified atom stereocenters. The van der Waals surface area contributed by atoms with E-state index < -0.39 is 0 Å². The van der Waals surface area contributed by atoms with Gasteiger partial charge in [-0.3, -0.25) is 9.59 Å². The van der Waals surface area contributed by atoms with Gasteiger partial charge < -0.3 is 14.4 Å². The standard InChI is InChI=1S/C24H35N3O2/c1-5-6-15-26(23(28)16-20(2)3)19-24(29)27(17-21-11-8-7-9-12-21)18-22-13-10-14-25(22)4/h7-14,20H,5-6,15-19H2,1-4H3. The van der Waals surface area contributed by atoms with Crippen molar-refractivity contribution in [3.05, 3.63) is 59.9 Å². The summed E-state index contributed by atoms with van der Waals surface area (Å²) < 4.78 is 2.03. The molecule has 29 heavy (non-hydrogen) atoms. The fourth-order valence-electron chi connectivity index (χ4n) is 3.27. The van der Waals surface area contributed by atoms with Gasteiger partial charge in [0.1, 0.15) is 0 Å². The largest absolute Gasteiger partial charge is 0.353 e. The highest BCUT2D eigenvalue weighted by Crippen LogP contribution is 2.13. The van der Waals surface area contributed by atoms with Gasteiger partial charge in [-0.2, -0.15) is 0 Å². The van der Waals surface area contributed by atoms with Crippen molar-refractivity contribution in [2.45, 2.75) is 53.1 Å². The van der Waals surface area contributed by atoms with Crippen molar-refractivity contribution < 1.29 is 9.59 Å². The molecule has 5 nitrogen and oxygen atoms in total. The Hall–Kier alpha value is -2.56. The van der Waals surface area contributed by atoms with Crippen LogP contribution in [-0.4, -0.2) is 39.3 Å². The maximum absolute atomic E-state index is 13.3. The molecule has 2 amide bonds. The molecule has 0 radical (unpaired) electrons. The number of unbranched alkanes of at least 4 members (excludes halogenated alkanes) is 1. The van der Waals surface area contributed by atoms with Crippen molar-refractivity contribution >= 4 is 11.8 Å². The Morgan fingerprint density at radius 3 is 2.28 bits per heavy atom. The number of nitrogens with zero attached hydrogens (tertiary/aromatic N) is 3. The van der Waals surface area contributed by atoms with Crippen LogP contribution in [0, 0.1) is 5.92 Å². The molecule has 0 aliphatic carbocycles. The van der Waals surface area contributed by atoms with Gasteiger partial charge in [-0.25, -0.2) is 0 Å². The van der Waals surface area contributed by atoms with Crippen molar-refractivity contribution in [2.75, 3.05) is 13.1 Å². The molecule has 1 heterocycles. The monoisotopic (exact) mass is 397 g/mol. The molecule has 0 saturated carbocycles. The number of carbonyl (C=O) groups is 2. The van der Waals surface area contributed by atoms with E-state index in [1.807, 2.05) is 79.0 Å². The highest BCUT2D eigenvalue weighted by Gasteiger charge is 2.22. The summed E-state index contributed by atoms with van der Waals surface area (Å²) in [6.45, 7) is 8.01. The zero-order valence-corrected chi connectivity index (χ0v) is 18.3. The van der Waals surface area contributed by atoms with Crippen LogP contribution in [0.2, 0.25) is 0 Å². The Morgan fingerprint density at radius 2 is 1.69 bits per heavy atom. The van der Waals surface area contributed by atoms with Gasteiger partial charge in [0.15, 0.2) is 0 Å². The molecule has 0 spiro atoms. The number of carbonyl (C=O) groups excluding carboxylic acids is 2. The van der Waals surface area contributed by atoms with Gasteiger partial charge in [-0.15, -0.1) is 0 Å². The zero-order chi connectivity index (χ0) is 21.2. The fraction of sp³-hybridized carbons (Fsp3) is 0.500.